The van der Waals surface area contributed by atoms with E-state index in [1.165, 1.54) is 6.07 Å². The van der Waals surface area contributed by atoms with E-state index in [1.807, 2.05) is 13.2 Å². The van der Waals surface area contributed by atoms with Crippen LogP contribution in [0.4, 0.5) is 4.39 Å². The molecular weight excluding hydrogens is 199 g/mol. The first-order chi connectivity index (χ1) is 6.36. The van der Waals surface area contributed by atoms with Crippen molar-refractivity contribution >= 4 is 11.8 Å². The largest absolute Gasteiger partial charge is 0.386 e. The molecule has 0 spiro atoms. The Morgan fingerprint density at radius 3 is 2.36 bits per heavy atom. The summed E-state index contributed by atoms with van der Waals surface area (Å²) in [5.41, 5.74) is 0.137. The molecule has 1 nitrogen and oxygen atoms in total. The fraction of sp³-hybridized carbons (Fsp3) is 0.455. The lowest BCUT2D eigenvalue weighted by atomic mass is 9.97. The van der Waals surface area contributed by atoms with Gasteiger partial charge in [0.05, 0.1) is 5.60 Å². The van der Waals surface area contributed by atoms with E-state index in [9.17, 15) is 9.50 Å². The van der Waals surface area contributed by atoms with Gasteiger partial charge in [-0.05, 0) is 44.7 Å². The van der Waals surface area contributed by atoms with Gasteiger partial charge < -0.3 is 5.11 Å². The lowest BCUT2D eigenvalue weighted by molar-refractivity contribution is 0.0743. The van der Waals surface area contributed by atoms with Gasteiger partial charge >= 0.3 is 0 Å². The minimum absolute atomic E-state index is 0.340. The zero-order valence-corrected chi connectivity index (χ0v) is 9.70. The van der Waals surface area contributed by atoms with Crippen molar-refractivity contribution in [3.05, 3.63) is 29.1 Å². The number of aliphatic hydroxyl groups is 1. The number of benzene rings is 1. The molecule has 0 bridgehead atoms. The molecule has 0 saturated carbocycles. The third-order valence-corrected chi connectivity index (χ3v) is 3.02. The van der Waals surface area contributed by atoms with Crippen molar-refractivity contribution < 1.29 is 9.50 Å². The lowest BCUT2D eigenvalue weighted by Crippen LogP contribution is -2.17. The second-order valence-electron chi connectivity index (χ2n) is 3.86. The highest BCUT2D eigenvalue weighted by Crippen LogP contribution is 2.29. The van der Waals surface area contributed by atoms with Crippen LogP contribution >= 0.6 is 11.8 Å². The maximum Gasteiger partial charge on any atom is 0.129 e. The molecule has 1 aromatic carbocycles. The Morgan fingerprint density at radius 2 is 1.93 bits per heavy atom. The van der Waals surface area contributed by atoms with Crippen molar-refractivity contribution in [1.29, 1.82) is 0 Å². The molecule has 0 atom stereocenters. The van der Waals surface area contributed by atoms with Crippen LogP contribution in [0, 0.1) is 12.7 Å². The summed E-state index contributed by atoms with van der Waals surface area (Å²) in [6, 6.07) is 3.19. The molecule has 0 aromatic heterocycles. The van der Waals surface area contributed by atoms with Crippen molar-refractivity contribution in [2.75, 3.05) is 6.26 Å². The zero-order valence-electron chi connectivity index (χ0n) is 8.89. The molecule has 1 rings (SSSR count). The van der Waals surface area contributed by atoms with Gasteiger partial charge in [0, 0.05) is 10.5 Å². The van der Waals surface area contributed by atoms with Crippen LogP contribution in [0.15, 0.2) is 17.0 Å². The zero-order chi connectivity index (χ0) is 10.9. The Bertz CT molecular complexity index is 342. The molecule has 3 heteroatoms. The monoisotopic (exact) mass is 214 g/mol. The number of aryl methyl sites for hydroxylation is 1. The molecular formula is C11H15FOS. The molecule has 0 fully saturated rings. The van der Waals surface area contributed by atoms with Crippen LogP contribution in [0.1, 0.15) is 25.0 Å². The Morgan fingerprint density at radius 1 is 1.36 bits per heavy atom. The molecule has 0 heterocycles. The molecule has 1 aromatic rings. The van der Waals surface area contributed by atoms with Crippen LogP contribution in [-0.2, 0) is 5.60 Å². The summed E-state index contributed by atoms with van der Waals surface area (Å²) in [4.78, 5) is 1.00. The van der Waals surface area contributed by atoms with Gasteiger partial charge in [0.15, 0.2) is 0 Å². The summed E-state index contributed by atoms with van der Waals surface area (Å²) in [6.07, 6.45) is 1.94. The normalized spacial score (nSPS) is 11.9. The van der Waals surface area contributed by atoms with Gasteiger partial charge in [-0.2, -0.15) is 0 Å². The van der Waals surface area contributed by atoms with E-state index < -0.39 is 5.60 Å². The van der Waals surface area contributed by atoms with Gasteiger partial charge in [-0.25, -0.2) is 4.39 Å². The summed E-state index contributed by atoms with van der Waals surface area (Å²) in [5.74, 6) is -0.340. The Hall–Kier alpha value is -0.540. The topological polar surface area (TPSA) is 20.2 Å². The second-order valence-corrected chi connectivity index (χ2v) is 4.71. The summed E-state index contributed by atoms with van der Waals surface area (Å²) in [6.45, 7) is 5.04. The SMILES string of the molecule is CSc1cc(C(C)(C)O)c(F)cc1C. The van der Waals surface area contributed by atoms with Crippen LogP contribution < -0.4 is 0 Å². The maximum absolute atomic E-state index is 13.5. The minimum Gasteiger partial charge on any atom is -0.386 e. The third kappa shape index (κ3) is 2.28. The number of halogens is 1. The second kappa shape index (κ2) is 3.91. The van der Waals surface area contributed by atoms with Crippen molar-refractivity contribution in [1.82, 2.24) is 0 Å². The standard InChI is InChI=1S/C11H15FOS/c1-7-5-9(12)8(11(2,3)13)6-10(7)14-4/h5-6,13H,1-4H3. The molecule has 0 unspecified atom stereocenters. The predicted octanol–water partition coefficient (Wildman–Crippen LogP) is 3.08. The van der Waals surface area contributed by atoms with Gasteiger partial charge in [0.2, 0.25) is 0 Å². The van der Waals surface area contributed by atoms with Crippen LogP contribution in [0.25, 0.3) is 0 Å². The van der Waals surface area contributed by atoms with E-state index >= 15 is 0 Å². The van der Waals surface area contributed by atoms with E-state index in [2.05, 4.69) is 0 Å². The fourth-order valence-corrected chi connectivity index (χ4v) is 1.96. The van der Waals surface area contributed by atoms with E-state index in [0.29, 0.717) is 5.56 Å². The van der Waals surface area contributed by atoms with E-state index in [1.54, 1.807) is 31.7 Å². The summed E-state index contributed by atoms with van der Waals surface area (Å²) in [5, 5.41) is 9.73. The quantitative estimate of drug-likeness (QED) is 0.763. The molecule has 0 aliphatic heterocycles. The van der Waals surface area contributed by atoms with Gasteiger partial charge in [-0.15, -0.1) is 11.8 Å². The molecule has 0 amide bonds. The number of hydrogen-bond donors (Lipinski definition) is 1. The number of rotatable bonds is 2. The average molecular weight is 214 g/mol. The summed E-state index contributed by atoms with van der Waals surface area (Å²) < 4.78 is 13.5. The first kappa shape index (κ1) is 11.5. The third-order valence-electron chi connectivity index (χ3n) is 2.14. The first-order valence-electron chi connectivity index (χ1n) is 4.43. The highest BCUT2D eigenvalue weighted by molar-refractivity contribution is 7.98. The van der Waals surface area contributed by atoms with Gasteiger partial charge in [-0.1, -0.05) is 0 Å². The molecule has 0 radical (unpaired) electrons. The predicted molar refractivity (Wildman–Crippen MR) is 58.2 cm³/mol. The van der Waals surface area contributed by atoms with Crippen LogP contribution in [-0.4, -0.2) is 11.4 Å². The Kier molecular flexibility index (Phi) is 3.22. The highest BCUT2D eigenvalue weighted by atomic mass is 32.2. The Balaban J connectivity index is 3.32. The summed E-state index contributed by atoms with van der Waals surface area (Å²) in [7, 11) is 0. The molecule has 78 valence electrons. The molecule has 0 aliphatic rings. The lowest BCUT2D eigenvalue weighted by Gasteiger charge is -2.20. The average Bonchev–Trinajstić information content (AvgIpc) is 2.02. The van der Waals surface area contributed by atoms with Crippen LogP contribution in [0.3, 0.4) is 0 Å². The molecule has 14 heavy (non-hydrogen) atoms. The molecule has 1 N–H and O–H groups in total. The van der Waals surface area contributed by atoms with E-state index in [4.69, 9.17) is 0 Å². The highest BCUT2D eigenvalue weighted by Gasteiger charge is 2.21. The fourth-order valence-electron chi connectivity index (χ4n) is 1.34. The van der Waals surface area contributed by atoms with Gasteiger partial charge in [0.1, 0.15) is 5.82 Å². The molecule has 0 aliphatic carbocycles. The maximum atomic E-state index is 13.5. The van der Waals surface area contributed by atoms with Crippen LogP contribution in [0.2, 0.25) is 0 Å². The Labute approximate surface area is 88.3 Å². The number of hydrogen-bond acceptors (Lipinski definition) is 2. The van der Waals surface area contributed by atoms with E-state index in [-0.39, 0.29) is 5.82 Å². The summed E-state index contributed by atoms with van der Waals surface area (Å²) >= 11 is 1.56. The van der Waals surface area contributed by atoms with Gasteiger partial charge in [0.25, 0.3) is 0 Å². The van der Waals surface area contributed by atoms with Crippen molar-refractivity contribution in [3.63, 3.8) is 0 Å². The smallest absolute Gasteiger partial charge is 0.129 e. The van der Waals surface area contributed by atoms with Crippen molar-refractivity contribution in [2.45, 2.75) is 31.3 Å². The minimum atomic E-state index is -1.12. The van der Waals surface area contributed by atoms with Gasteiger partial charge in [-0.3, -0.25) is 0 Å². The van der Waals surface area contributed by atoms with Crippen LogP contribution in [0.5, 0.6) is 0 Å². The first-order valence-corrected chi connectivity index (χ1v) is 5.65. The number of thioether (sulfide) groups is 1. The molecule has 0 saturated heterocycles. The van der Waals surface area contributed by atoms with E-state index in [0.717, 1.165) is 10.5 Å². The van der Waals surface area contributed by atoms with Crippen molar-refractivity contribution in [2.24, 2.45) is 0 Å². The van der Waals surface area contributed by atoms with Crippen molar-refractivity contribution in [3.8, 4) is 0 Å².